The van der Waals surface area contributed by atoms with Crippen LogP contribution in [-0.4, -0.2) is 24.1 Å². The fourth-order valence-corrected chi connectivity index (χ4v) is 2.62. The van der Waals surface area contributed by atoms with Crippen LogP contribution in [0.2, 0.25) is 0 Å². The minimum absolute atomic E-state index is 0.0892. The SMILES string of the molecule is CCS(=O)(=O)c1ccc(-c2cc(C)nc(N)n2)cc1. The Bertz CT molecular complexity index is 674. The van der Waals surface area contributed by atoms with Crippen molar-refractivity contribution in [2.24, 2.45) is 0 Å². The summed E-state index contributed by atoms with van der Waals surface area (Å²) in [6, 6.07) is 8.43. The number of nitrogen functional groups attached to an aromatic ring is 1. The van der Waals surface area contributed by atoms with E-state index in [1.165, 1.54) is 0 Å². The van der Waals surface area contributed by atoms with Gasteiger partial charge in [0.15, 0.2) is 9.84 Å². The maximum atomic E-state index is 11.7. The van der Waals surface area contributed by atoms with E-state index in [-0.39, 0.29) is 11.7 Å². The van der Waals surface area contributed by atoms with E-state index in [9.17, 15) is 8.42 Å². The van der Waals surface area contributed by atoms with Crippen molar-refractivity contribution in [3.63, 3.8) is 0 Å². The molecule has 0 bridgehead atoms. The van der Waals surface area contributed by atoms with E-state index in [4.69, 9.17) is 5.73 Å². The van der Waals surface area contributed by atoms with Crippen LogP contribution in [0.1, 0.15) is 12.6 Å². The van der Waals surface area contributed by atoms with E-state index in [0.717, 1.165) is 11.3 Å². The monoisotopic (exact) mass is 277 g/mol. The third kappa shape index (κ3) is 2.90. The zero-order valence-corrected chi connectivity index (χ0v) is 11.6. The first kappa shape index (κ1) is 13.5. The summed E-state index contributed by atoms with van der Waals surface area (Å²) in [4.78, 5) is 8.45. The van der Waals surface area contributed by atoms with Gasteiger partial charge in [-0.2, -0.15) is 0 Å². The Hall–Kier alpha value is -1.95. The standard InChI is InChI=1S/C13H15N3O2S/c1-3-19(17,18)11-6-4-10(5-7-11)12-8-9(2)15-13(14)16-12/h4-8H,3H2,1-2H3,(H2,14,15,16). The Balaban J connectivity index is 2.43. The summed E-state index contributed by atoms with van der Waals surface area (Å²) in [6.45, 7) is 3.45. The molecule has 0 spiro atoms. The molecular weight excluding hydrogens is 262 g/mol. The highest BCUT2D eigenvalue weighted by molar-refractivity contribution is 7.91. The summed E-state index contributed by atoms with van der Waals surface area (Å²) in [7, 11) is -3.17. The van der Waals surface area contributed by atoms with E-state index in [1.807, 2.05) is 6.92 Å². The van der Waals surface area contributed by atoms with Gasteiger partial charge in [0, 0.05) is 11.3 Å². The first-order valence-corrected chi connectivity index (χ1v) is 7.52. The molecule has 0 aliphatic rings. The molecule has 1 aromatic heterocycles. The van der Waals surface area contributed by atoms with E-state index < -0.39 is 9.84 Å². The lowest BCUT2D eigenvalue weighted by molar-refractivity contribution is 0.597. The predicted octanol–water partition coefficient (Wildman–Crippen LogP) is 1.83. The van der Waals surface area contributed by atoms with Gasteiger partial charge in [0.2, 0.25) is 5.95 Å². The molecule has 1 aromatic carbocycles. The average molecular weight is 277 g/mol. The number of anilines is 1. The van der Waals surface area contributed by atoms with Gasteiger partial charge in [-0.3, -0.25) is 0 Å². The Morgan fingerprint density at radius 3 is 2.32 bits per heavy atom. The van der Waals surface area contributed by atoms with Gasteiger partial charge in [-0.05, 0) is 25.1 Å². The molecule has 2 N–H and O–H groups in total. The van der Waals surface area contributed by atoms with Gasteiger partial charge in [0.05, 0.1) is 16.3 Å². The van der Waals surface area contributed by atoms with Crippen molar-refractivity contribution in [3.05, 3.63) is 36.0 Å². The normalized spacial score (nSPS) is 11.5. The molecule has 0 atom stereocenters. The summed E-state index contributed by atoms with van der Waals surface area (Å²) in [5.41, 5.74) is 7.87. The summed E-state index contributed by atoms with van der Waals surface area (Å²) >= 11 is 0. The first-order chi connectivity index (χ1) is 8.92. The number of nitrogens with zero attached hydrogens (tertiary/aromatic N) is 2. The van der Waals surface area contributed by atoms with Crippen molar-refractivity contribution in [1.29, 1.82) is 0 Å². The smallest absolute Gasteiger partial charge is 0.220 e. The third-order valence-corrected chi connectivity index (χ3v) is 4.51. The number of sulfone groups is 1. The van der Waals surface area contributed by atoms with Crippen LogP contribution in [0.15, 0.2) is 35.2 Å². The van der Waals surface area contributed by atoms with Crippen LogP contribution in [-0.2, 0) is 9.84 Å². The Morgan fingerprint density at radius 2 is 1.79 bits per heavy atom. The van der Waals surface area contributed by atoms with E-state index in [1.54, 1.807) is 37.3 Å². The molecule has 2 aromatic rings. The van der Waals surface area contributed by atoms with E-state index in [2.05, 4.69) is 9.97 Å². The molecule has 0 aliphatic heterocycles. The number of benzene rings is 1. The maximum absolute atomic E-state index is 11.7. The summed E-state index contributed by atoms with van der Waals surface area (Å²) in [5, 5.41) is 0. The molecule has 100 valence electrons. The van der Waals surface area contributed by atoms with Crippen molar-refractivity contribution < 1.29 is 8.42 Å². The molecule has 0 unspecified atom stereocenters. The summed E-state index contributed by atoms with van der Waals surface area (Å²) in [6.07, 6.45) is 0. The van der Waals surface area contributed by atoms with Crippen molar-refractivity contribution in [2.45, 2.75) is 18.7 Å². The number of hydrogen-bond donors (Lipinski definition) is 1. The van der Waals surface area contributed by atoms with Crippen LogP contribution < -0.4 is 5.73 Å². The largest absolute Gasteiger partial charge is 0.368 e. The Kier molecular flexibility index (Phi) is 3.53. The maximum Gasteiger partial charge on any atom is 0.220 e. The Morgan fingerprint density at radius 1 is 1.16 bits per heavy atom. The van der Waals surface area contributed by atoms with Crippen LogP contribution in [0.5, 0.6) is 0 Å². The molecule has 2 rings (SSSR count). The highest BCUT2D eigenvalue weighted by atomic mass is 32.2. The Labute approximate surface area is 112 Å². The summed E-state index contributed by atoms with van der Waals surface area (Å²) in [5.74, 6) is 0.298. The minimum Gasteiger partial charge on any atom is -0.368 e. The number of aromatic nitrogens is 2. The van der Waals surface area contributed by atoms with Crippen LogP contribution in [0.4, 0.5) is 5.95 Å². The lowest BCUT2D eigenvalue weighted by Gasteiger charge is -2.05. The fraction of sp³-hybridized carbons (Fsp3) is 0.231. The number of nitrogens with two attached hydrogens (primary N) is 1. The first-order valence-electron chi connectivity index (χ1n) is 5.87. The predicted molar refractivity (Wildman–Crippen MR) is 74.3 cm³/mol. The summed E-state index contributed by atoms with van der Waals surface area (Å²) < 4.78 is 23.4. The lowest BCUT2D eigenvalue weighted by atomic mass is 10.1. The number of hydrogen-bond acceptors (Lipinski definition) is 5. The molecule has 0 radical (unpaired) electrons. The number of aryl methyl sites for hydroxylation is 1. The second-order valence-corrected chi connectivity index (χ2v) is 6.46. The second kappa shape index (κ2) is 4.97. The lowest BCUT2D eigenvalue weighted by Crippen LogP contribution is -2.03. The van der Waals surface area contributed by atoms with Crippen molar-refractivity contribution >= 4 is 15.8 Å². The molecule has 0 amide bonds. The van der Waals surface area contributed by atoms with Gasteiger partial charge in [-0.25, -0.2) is 18.4 Å². The minimum atomic E-state index is -3.17. The number of rotatable bonds is 3. The molecule has 6 heteroatoms. The zero-order chi connectivity index (χ0) is 14.0. The van der Waals surface area contributed by atoms with Crippen LogP contribution in [0, 0.1) is 6.92 Å². The third-order valence-electron chi connectivity index (χ3n) is 2.76. The molecule has 0 fully saturated rings. The molecule has 1 heterocycles. The van der Waals surface area contributed by atoms with Gasteiger partial charge < -0.3 is 5.73 Å². The molecule has 0 saturated carbocycles. The topological polar surface area (TPSA) is 85.9 Å². The van der Waals surface area contributed by atoms with E-state index >= 15 is 0 Å². The van der Waals surface area contributed by atoms with Crippen molar-refractivity contribution in [2.75, 3.05) is 11.5 Å². The molecular formula is C13H15N3O2S. The van der Waals surface area contributed by atoms with Gasteiger partial charge in [-0.1, -0.05) is 19.1 Å². The van der Waals surface area contributed by atoms with Gasteiger partial charge >= 0.3 is 0 Å². The zero-order valence-electron chi connectivity index (χ0n) is 10.8. The van der Waals surface area contributed by atoms with Gasteiger partial charge in [0.1, 0.15) is 0 Å². The molecule has 5 nitrogen and oxygen atoms in total. The van der Waals surface area contributed by atoms with Gasteiger partial charge in [0.25, 0.3) is 0 Å². The average Bonchev–Trinajstić information content (AvgIpc) is 2.38. The molecule has 0 saturated heterocycles. The molecule has 0 aliphatic carbocycles. The molecule has 19 heavy (non-hydrogen) atoms. The van der Waals surface area contributed by atoms with Crippen LogP contribution >= 0.6 is 0 Å². The highest BCUT2D eigenvalue weighted by Crippen LogP contribution is 2.21. The van der Waals surface area contributed by atoms with E-state index in [0.29, 0.717) is 10.6 Å². The van der Waals surface area contributed by atoms with Crippen LogP contribution in [0.25, 0.3) is 11.3 Å². The van der Waals surface area contributed by atoms with Gasteiger partial charge in [-0.15, -0.1) is 0 Å². The quantitative estimate of drug-likeness (QED) is 0.925. The van der Waals surface area contributed by atoms with Crippen molar-refractivity contribution in [1.82, 2.24) is 9.97 Å². The van der Waals surface area contributed by atoms with Crippen molar-refractivity contribution in [3.8, 4) is 11.3 Å². The highest BCUT2D eigenvalue weighted by Gasteiger charge is 2.11. The second-order valence-electron chi connectivity index (χ2n) is 4.18. The fourth-order valence-electron chi connectivity index (χ4n) is 1.74. The van der Waals surface area contributed by atoms with Crippen LogP contribution in [0.3, 0.4) is 0 Å².